The molecule has 0 spiro atoms. The van der Waals surface area contributed by atoms with Gasteiger partial charge in [0.05, 0.1) is 17.1 Å². The zero-order chi connectivity index (χ0) is 14.7. The van der Waals surface area contributed by atoms with Crippen molar-refractivity contribution in [3.8, 4) is 0 Å². The van der Waals surface area contributed by atoms with Crippen molar-refractivity contribution in [1.29, 1.82) is 0 Å². The molecule has 0 bridgehead atoms. The van der Waals surface area contributed by atoms with Crippen molar-refractivity contribution in [2.24, 2.45) is 0 Å². The first-order chi connectivity index (χ1) is 8.68. The van der Waals surface area contributed by atoms with Crippen molar-refractivity contribution in [2.45, 2.75) is 18.0 Å². The highest BCUT2D eigenvalue weighted by atomic mass is 32.2. The van der Waals surface area contributed by atoms with Crippen molar-refractivity contribution in [1.82, 2.24) is 0 Å². The highest BCUT2D eigenvalue weighted by Gasteiger charge is 2.37. The summed E-state index contributed by atoms with van der Waals surface area (Å²) in [6.07, 6.45) is -4.81. The summed E-state index contributed by atoms with van der Waals surface area (Å²) >= 11 is 0. The summed E-state index contributed by atoms with van der Waals surface area (Å²) in [5, 5.41) is 0. The fourth-order valence-corrected chi connectivity index (χ4v) is 2.76. The first-order valence-corrected chi connectivity index (χ1v) is 6.88. The van der Waals surface area contributed by atoms with E-state index in [2.05, 4.69) is 4.74 Å². The van der Waals surface area contributed by atoms with Crippen LogP contribution in [0, 0.1) is 0 Å². The quantitative estimate of drug-likeness (QED) is 0.798. The van der Waals surface area contributed by atoms with Crippen LogP contribution in [0.5, 0.6) is 0 Å². The average molecular weight is 296 g/mol. The topological polar surface area (TPSA) is 60.4 Å². The fraction of sp³-hybridized carbons (Fsp3) is 0.364. The maximum Gasteiger partial charge on any atom is 0.417 e. The van der Waals surface area contributed by atoms with Crippen LogP contribution in [0.3, 0.4) is 0 Å². The van der Waals surface area contributed by atoms with Gasteiger partial charge in [0.2, 0.25) is 0 Å². The molecular weight excluding hydrogens is 285 g/mol. The summed E-state index contributed by atoms with van der Waals surface area (Å²) in [4.78, 5) is 10.2. The predicted octanol–water partition coefficient (Wildman–Crippen LogP) is 2.04. The van der Waals surface area contributed by atoms with Gasteiger partial charge in [0.1, 0.15) is 0 Å². The SMILES string of the molecule is CCOC(=O)CS(=O)(=O)c1ccccc1C(F)(F)F. The van der Waals surface area contributed by atoms with Gasteiger partial charge in [0, 0.05) is 0 Å². The lowest BCUT2D eigenvalue weighted by Gasteiger charge is -2.12. The van der Waals surface area contributed by atoms with Gasteiger partial charge in [-0.15, -0.1) is 0 Å². The second kappa shape index (κ2) is 5.60. The number of esters is 1. The number of carbonyl (C=O) groups is 1. The number of hydrogen-bond donors (Lipinski definition) is 0. The largest absolute Gasteiger partial charge is 0.465 e. The zero-order valence-electron chi connectivity index (χ0n) is 9.90. The van der Waals surface area contributed by atoms with Crippen LogP contribution >= 0.6 is 0 Å². The molecule has 0 aromatic heterocycles. The Morgan fingerprint density at radius 1 is 1.26 bits per heavy atom. The number of benzene rings is 1. The van der Waals surface area contributed by atoms with Crippen LogP contribution in [-0.2, 0) is 25.5 Å². The average Bonchev–Trinajstić information content (AvgIpc) is 2.27. The molecule has 106 valence electrons. The molecule has 1 aromatic rings. The molecule has 1 rings (SSSR count). The molecular formula is C11H11F3O4S. The van der Waals surface area contributed by atoms with Crippen molar-refractivity contribution in [3.63, 3.8) is 0 Å². The van der Waals surface area contributed by atoms with E-state index in [1.165, 1.54) is 6.92 Å². The maximum atomic E-state index is 12.7. The zero-order valence-corrected chi connectivity index (χ0v) is 10.7. The number of carbonyl (C=O) groups excluding carboxylic acids is 1. The van der Waals surface area contributed by atoms with Crippen LogP contribution in [0.15, 0.2) is 29.2 Å². The van der Waals surface area contributed by atoms with E-state index < -0.39 is 38.2 Å². The molecule has 1 aromatic carbocycles. The third-order valence-corrected chi connectivity index (χ3v) is 3.78. The smallest absolute Gasteiger partial charge is 0.417 e. The lowest BCUT2D eigenvalue weighted by atomic mass is 10.2. The fourth-order valence-electron chi connectivity index (χ4n) is 1.41. The molecule has 0 heterocycles. The molecule has 0 amide bonds. The van der Waals surface area contributed by atoms with E-state index in [0.717, 1.165) is 18.2 Å². The molecule has 0 atom stereocenters. The van der Waals surface area contributed by atoms with E-state index in [1.807, 2.05) is 0 Å². The van der Waals surface area contributed by atoms with Gasteiger partial charge in [-0.2, -0.15) is 13.2 Å². The van der Waals surface area contributed by atoms with E-state index in [-0.39, 0.29) is 6.61 Å². The molecule has 0 saturated heterocycles. The molecule has 8 heteroatoms. The van der Waals surface area contributed by atoms with Crippen molar-refractivity contribution >= 4 is 15.8 Å². The first-order valence-electron chi connectivity index (χ1n) is 5.23. The summed E-state index contributed by atoms with van der Waals surface area (Å²) in [7, 11) is -4.39. The van der Waals surface area contributed by atoms with E-state index in [9.17, 15) is 26.4 Å². The summed E-state index contributed by atoms with van der Waals surface area (Å²) < 4.78 is 66.0. The summed E-state index contributed by atoms with van der Waals surface area (Å²) in [6.45, 7) is 1.42. The Morgan fingerprint density at radius 3 is 2.37 bits per heavy atom. The molecule has 0 unspecified atom stereocenters. The summed E-state index contributed by atoms with van der Waals surface area (Å²) in [6, 6.07) is 3.70. The Kier molecular flexibility index (Phi) is 4.56. The molecule has 0 radical (unpaired) electrons. The van der Waals surface area contributed by atoms with Gasteiger partial charge in [-0.25, -0.2) is 8.42 Å². The van der Waals surface area contributed by atoms with Crippen molar-refractivity contribution < 1.29 is 31.1 Å². The van der Waals surface area contributed by atoms with Crippen LogP contribution in [-0.4, -0.2) is 26.7 Å². The Balaban J connectivity index is 3.19. The lowest BCUT2D eigenvalue weighted by Crippen LogP contribution is -2.21. The Morgan fingerprint density at radius 2 is 1.84 bits per heavy atom. The van der Waals surface area contributed by atoms with Crippen LogP contribution in [0.4, 0.5) is 13.2 Å². The van der Waals surface area contributed by atoms with Crippen LogP contribution in [0.25, 0.3) is 0 Å². The number of sulfone groups is 1. The minimum Gasteiger partial charge on any atom is -0.465 e. The lowest BCUT2D eigenvalue weighted by molar-refractivity contribution is -0.141. The van der Waals surface area contributed by atoms with Gasteiger partial charge < -0.3 is 4.74 Å². The third kappa shape index (κ3) is 3.95. The normalized spacial score (nSPS) is 12.2. The molecule has 0 aliphatic heterocycles. The molecule has 0 fully saturated rings. The van der Waals surface area contributed by atoms with Crippen molar-refractivity contribution in [3.05, 3.63) is 29.8 Å². The minimum absolute atomic E-state index is 0.0464. The molecule has 19 heavy (non-hydrogen) atoms. The summed E-state index contributed by atoms with van der Waals surface area (Å²) in [5.41, 5.74) is -1.29. The van der Waals surface area contributed by atoms with Crippen molar-refractivity contribution in [2.75, 3.05) is 12.4 Å². The summed E-state index contributed by atoms with van der Waals surface area (Å²) in [5.74, 6) is -2.20. The number of ether oxygens (including phenoxy) is 1. The minimum atomic E-state index is -4.81. The monoisotopic (exact) mass is 296 g/mol. The number of rotatable bonds is 4. The van der Waals surface area contributed by atoms with Gasteiger partial charge in [-0.3, -0.25) is 4.79 Å². The molecule has 0 aliphatic carbocycles. The molecule has 0 N–H and O–H groups in total. The predicted molar refractivity (Wildman–Crippen MR) is 60.1 cm³/mol. The highest BCUT2D eigenvalue weighted by molar-refractivity contribution is 7.92. The highest BCUT2D eigenvalue weighted by Crippen LogP contribution is 2.34. The van der Waals surface area contributed by atoms with E-state index in [4.69, 9.17) is 0 Å². The molecule has 0 saturated carbocycles. The van der Waals surface area contributed by atoms with E-state index in [1.54, 1.807) is 0 Å². The number of halogens is 3. The Bertz CT molecular complexity index is 564. The van der Waals surface area contributed by atoms with Crippen LogP contribution in [0.2, 0.25) is 0 Å². The Hall–Kier alpha value is -1.57. The maximum absolute atomic E-state index is 12.7. The van der Waals surface area contributed by atoms with Gasteiger partial charge >= 0.3 is 12.1 Å². The molecule has 0 aliphatic rings. The standard InChI is InChI=1S/C11H11F3O4S/c1-2-18-10(15)7-19(16,17)9-6-4-3-5-8(9)11(12,13)14/h3-6H,2,7H2,1H3. The Labute approximate surface area is 108 Å². The van der Waals surface area contributed by atoms with Crippen LogP contribution < -0.4 is 0 Å². The van der Waals surface area contributed by atoms with Gasteiger partial charge in [-0.05, 0) is 19.1 Å². The first kappa shape index (κ1) is 15.5. The molecule has 4 nitrogen and oxygen atoms in total. The second-order valence-corrected chi connectivity index (χ2v) is 5.52. The van der Waals surface area contributed by atoms with Crippen LogP contribution in [0.1, 0.15) is 12.5 Å². The number of alkyl halides is 3. The van der Waals surface area contributed by atoms with Gasteiger partial charge in [0.15, 0.2) is 15.6 Å². The third-order valence-electron chi connectivity index (χ3n) is 2.14. The number of hydrogen-bond acceptors (Lipinski definition) is 4. The van der Waals surface area contributed by atoms with Gasteiger partial charge in [-0.1, -0.05) is 12.1 Å². The second-order valence-electron chi connectivity index (χ2n) is 3.56. The van der Waals surface area contributed by atoms with E-state index >= 15 is 0 Å². The van der Waals surface area contributed by atoms with E-state index in [0.29, 0.717) is 6.07 Å². The van der Waals surface area contributed by atoms with Gasteiger partial charge in [0.25, 0.3) is 0 Å².